The Labute approximate surface area is 162 Å². The number of carbonyl (C=O) groups is 1. The molecule has 0 aliphatic heterocycles. The van der Waals surface area contributed by atoms with Crippen molar-refractivity contribution in [1.29, 1.82) is 0 Å². The van der Waals surface area contributed by atoms with Gasteiger partial charge in [-0.2, -0.15) is 0 Å². The standard InChI is InChI=1S/C20H34N4O3/c1-4-6-12-26-14-15-27-13-11-23-20(21-3)24-16-17-7-9-18(10-8-17)19(25)22-5-2/h7-10H,4-6,11-16H2,1-3H3,(H,22,25)(H2,21,23,24). The fraction of sp³-hybridized carbons (Fsp3) is 0.600. The lowest BCUT2D eigenvalue weighted by Crippen LogP contribution is -2.38. The molecule has 0 aliphatic carbocycles. The van der Waals surface area contributed by atoms with Gasteiger partial charge in [0.15, 0.2) is 5.96 Å². The van der Waals surface area contributed by atoms with Gasteiger partial charge in [0.1, 0.15) is 0 Å². The van der Waals surface area contributed by atoms with Crippen molar-refractivity contribution >= 4 is 11.9 Å². The van der Waals surface area contributed by atoms with E-state index in [1.165, 1.54) is 0 Å². The monoisotopic (exact) mass is 378 g/mol. The van der Waals surface area contributed by atoms with Crippen LogP contribution in [0.1, 0.15) is 42.6 Å². The molecule has 0 radical (unpaired) electrons. The first-order valence-electron chi connectivity index (χ1n) is 9.68. The quantitative estimate of drug-likeness (QED) is 0.278. The SMILES string of the molecule is CCCCOCCOCCNC(=NC)NCc1ccc(C(=O)NCC)cc1. The van der Waals surface area contributed by atoms with Crippen LogP contribution in [0.15, 0.2) is 29.3 Å². The van der Waals surface area contributed by atoms with Crippen molar-refractivity contribution in [3.8, 4) is 0 Å². The number of guanidine groups is 1. The largest absolute Gasteiger partial charge is 0.379 e. The van der Waals surface area contributed by atoms with Gasteiger partial charge in [-0.25, -0.2) is 0 Å². The van der Waals surface area contributed by atoms with Crippen molar-refractivity contribution in [3.05, 3.63) is 35.4 Å². The average molecular weight is 379 g/mol. The molecule has 0 saturated carbocycles. The fourth-order valence-electron chi connectivity index (χ4n) is 2.25. The summed E-state index contributed by atoms with van der Waals surface area (Å²) in [5.41, 5.74) is 1.74. The Balaban J connectivity index is 2.18. The molecule has 0 aliphatic rings. The molecule has 0 bridgehead atoms. The summed E-state index contributed by atoms with van der Waals surface area (Å²) in [6.45, 7) is 8.62. The van der Waals surface area contributed by atoms with E-state index >= 15 is 0 Å². The number of nitrogens with zero attached hydrogens (tertiary/aromatic N) is 1. The van der Waals surface area contributed by atoms with Gasteiger partial charge in [0.2, 0.25) is 0 Å². The van der Waals surface area contributed by atoms with Crippen molar-refractivity contribution in [3.63, 3.8) is 0 Å². The Morgan fingerprint density at radius 1 is 0.963 bits per heavy atom. The zero-order valence-corrected chi connectivity index (χ0v) is 16.8. The molecule has 0 heterocycles. The summed E-state index contributed by atoms with van der Waals surface area (Å²) in [5, 5.41) is 9.24. The van der Waals surface area contributed by atoms with Crippen LogP contribution in [0.3, 0.4) is 0 Å². The maximum Gasteiger partial charge on any atom is 0.251 e. The highest BCUT2D eigenvalue weighted by Gasteiger charge is 2.04. The second-order valence-electron chi connectivity index (χ2n) is 5.99. The maximum absolute atomic E-state index is 11.8. The van der Waals surface area contributed by atoms with Crippen molar-refractivity contribution in [1.82, 2.24) is 16.0 Å². The van der Waals surface area contributed by atoms with Gasteiger partial charge in [-0.15, -0.1) is 0 Å². The van der Waals surface area contributed by atoms with Crippen molar-refractivity contribution in [2.24, 2.45) is 4.99 Å². The second-order valence-corrected chi connectivity index (χ2v) is 5.99. The molecule has 1 rings (SSSR count). The molecule has 7 heteroatoms. The molecule has 1 aromatic rings. The van der Waals surface area contributed by atoms with Crippen molar-refractivity contribution in [2.75, 3.05) is 46.6 Å². The van der Waals surface area contributed by atoms with Gasteiger partial charge in [0.05, 0.1) is 19.8 Å². The molecule has 3 N–H and O–H groups in total. The van der Waals surface area contributed by atoms with Crippen LogP contribution in [-0.4, -0.2) is 58.4 Å². The third-order valence-electron chi connectivity index (χ3n) is 3.79. The van der Waals surface area contributed by atoms with Gasteiger partial charge in [0.25, 0.3) is 5.91 Å². The van der Waals surface area contributed by atoms with Gasteiger partial charge < -0.3 is 25.4 Å². The highest BCUT2D eigenvalue weighted by atomic mass is 16.5. The molecule has 0 aromatic heterocycles. The van der Waals surface area contributed by atoms with E-state index in [4.69, 9.17) is 9.47 Å². The van der Waals surface area contributed by atoms with Crippen LogP contribution in [0, 0.1) is 0 Å². The first-order valence-corrected chi connectivity index (χ1v) is 9.68. The van der Waals surface area contributed by atoms with E-state index in [0.29, 0.717) is 51.0 Å². The van der Waals surface area contributed by atoms with Gasteiger partial charge in [-0.05, 0) is 31.0 Å². The molecule has 0 atom stereocenters. The number of benzene rings is 1. The molecule has 0 spiro atoms. The summed E-state index contributed by atoms with van der Waals surface area (Å²) in [6, 6.07) is 7.53. The highest BCUT2D eigenvalue weighted by molar-refractivity contribution is 5.94. The fourth-order valence-corrected chi connectivity index (χ4v) is 2.25. The maximum atomic E-state index is 11.8. The Bertz CT molecular complexity index is 547. The topological polar surface area (TPSA) is 84.0 Å². The lowest BCUT2D eigenvalue weighted by Gasteiger charge is -2.12. The number of aliphatic imine (C=N–C) groups is 1. The minimum absolute atomic E-state index is 0.0507. The summed E-state index contributed by atoms with van der Waals surface area (Å²) < 4.78 is 11.0. The van der Waals surface area contributed by atoms with Crippen LogP contribution < -0.4 is 16.0 Å². The number of hydrogen-bond acceptors (Lipinski definition) is 4. The zero-order chi connectivity index (χ0) is 19.7. The average Bonchev–Trinajstić information content (AvgIpc) is 2.69. The molecular formula is C20H34N4O3. The van der Waals surface area contributed by atoms with Gasteiger partial charge in [0, 0.05) is 38.9 Å². The molecule has 152 valence electrons. The first kappa shape index (κ1) is 22.9. The molecule has 1 amide bonds. The predicted molar refractivity (Wildman–Crippen MR) is 109 cm³/mol. The Morgan fingerprint density at radius 2 is 1.67 bits per heavy atom. The molecular weight excluding hydrogens is 344 g/mol. The number of ether oxygens (including phenoxy) is 2. The summed E-state index contributed by atoms with van der Waals surface area (Å²) in [5.74, 6) is 0.663. The summed E-state index contributed by atoms with van der Waals surface area (Å²) in [6.07, 6.45) is 2.24. The van der Waals surface area contributed by atoms with E-state index < -0.39 is 0 Å². The number of carbonyl (C=O) groups excluding carboxylic acids is 1. The van der Waals surface area contributed by atoms with Crippen LogP contribution in [-0.2, 0) is 16.0 Å². The Kier molecular flexibility index (Phi) is 12.7. The van der Waals surface area contributed by atoms with Gasteiger partial charge >= 0.3 is 0 Å². The van der Waals surface area contributed by atoms with Crippen molar-refractivity contribution in [2.45, 2.75) is 33.2 Å². The summed E-state index contributed by atoms with van der Waals surface area (Å²) >= 11 is 0. The van der Waals surface area contributed by atoms with Crippen LogP contribution >= 0.6 is 0 Å². The van der Waals surface area contributed by atoms with Gasteiger partial charge in [-0.3, -0.25) is 9.79 Å². The third-order valence-corrected chi connectivity index (χ3v) is 3.79. The third kappa shape index (κ3) is 10.6. The molecule has 0 fully saturated rings. The van der Waals surface area contributed by atoms with Crippen LogP contribution in [0.5, 0.6) is 0 Å². The van der Waals surface area contributed by atoms with E-state index in [2.05, 4.69) is 27.9 Å². The molecule has 7 nitrogen and oxygen atoms in total. The molecule has 27 heavy (non-hydrogen) atoms. The lowest BCUT2D eigenvalue weighted by molar-refractivity contribution is 0.0487. The van der Waals surface area contributed by atoms with E-state index in [1.54, 1.807) is 7.05 Å². The van der Waals surface area contributed by atoms with Crippen LogP contribution in [0.25, 0.3) is 0 Å². The number of unbranched alkanes of at least 4 members (excludes halogenated alkanes) is 1. The normalized spacial score (nSPS) is 11.3. The molecule has 0 saturated heterocycles. The number of rotatable bonds is 13. The highest BCUT2D eigenvalue weighted by Crippen LogP contribution is 2.04. The van der Waals surface area contributed by atoms with Gasteiger partial charge in [-0.1, -0.05) is 25.5 Å². The smallest absolute Gasteiger partial charge is 0.251 e. The zero-order valence-electron chi connectivity index (χ0n) is 16.8. The minimum Gasteiger partial charge on any atom is -0.379 e. The number of hydrogen-bond donors (Lipinski definition) is 3. The number of amides is 1. The Morgan fingerprint density at radius 3 is 2.30 bits per heavy atom. The van der Waals surface area contributed by atoms with Crippen LogP contribution in [0.4, 0.5) is 0 Å². The van der Waals surface area contributed by atoms with E-state index in [0.717, 1.165) is 25.0 Å². The van der Waals surface area contributed by atoms with E-state index in [9.17, 15) is 4.79 Å². The van der Waals surface area contributed by atoms with Crippen molar-refractivity contribution < 1.29 is 14.3 Å². The van der Waals surface area contributed by atoms with E-state index in [1.807, 2.05) is 31.2 Å². The predicted octanol–water partition coefficient (Wildman–Crippen LogP) is 1.93. The summed E-state index contributed by atoms with van der Waals surface area (Å²) in [7, 11) is 1.73. The van der Waals surface area contributed by atoms with Crippen LogP contribution in [0.2, 0.25) is 0 Å². The molecule has 0 unspecified atom stereocenters. The lowest BCUT2D eigenvalue weighted by atomic mass is 10.1. The second kappa shape index (κ2) is 15.0. The first-order chi connectivity index (χ1) is 13.2. The minimum atomic E-state index is -0.0507. The Hall–Kier alpha value is -2.12. The van der Waals surface area contributed by atoms with E-state index in [-0.39, 0.29) is 5.91 Å². The molecule has 1 aromatic carbocycles. The number of nitrogens with one attached hydrogen (secondary N) is 3. The summed E-state index contributed by atoms with van der Waals surface area (Å²) in [4.78, 5) is 15.9.